The highest BCUT2D eigenvalue weighted by Gasteiger charge is 2.25. The van der Waals surface area contributed by atoms with Crippen molar-refractivity contribution in [2.45, 2.75) is 55.7 Å². The fourth-order valence-electron chi connectivity index (χ4n) is 3.80. The van der Waals surface area contributed by atoms with E-state index in [4.69, 9.17) is 4.42 Å². The van der Waals surface area contributed by atoms with Gasteiger partial charge in [0, 0.05) is 18.2 Å². The highest BCUT2D eigenvalue weighted by atomic mass is 32.2. The Labute approximate surface area is 173 Å². The molecule has 0 radical (unpaired) electrons. The maximum Gasteiger partial charge on any atom is 0.287 e. The fraction of sp³-hybridized carbons (Fsp3) is 0.500. The first-order valence-electron chi connectivity index (χ1n) is 10.4. The lowest BCUT2D eigenvalue weighted by Crippen LogP contribution is -2.47. The standard InChI is InChI=1S/C22H30N2O4S/c1-2-3-13-24-14-8-7-9-19(24)16-23-22(25)21-18(12-15-28-21)17-29(26,27)20-10-5-4-6-11-20/h4-6,10-12,15,19H,2-3,7-9,13-14,16-17H2,1H3,(H,23,25). The summed E-state index contributed by atoms with van der Waals surface area (Å²) in [6.45, 7) is 4.86. The van der Waals surface area contributed by atoms with E-state index < -0.39 is 9.84 Å². The largest absolute Gasteiger partial charge is 0.459 e. The van der Waals surface area contributed by atoms with E-state index >= 15 is 0 Å². The lowest BCUT2D eigenvalue weighted by molar-refractivity contribution is 0.0885. The van der Waals surface area contributed by atoms with Gasteiger partial charge >= 0.3 is 0 Å². The van der Waals surface area contributed by atoms with Gasteiger partial charge in [-0.2, -0.15) is 0 Å². The quantitative estimate of drug-likeness (QED) is 0.673. The number of hydrogen-bond acceptors (Lipinski definition) is 5. The molecule has 1 aromatic heterocycles. The van der Waals surface area contributed by atoms with Crippen molar-refractivity contribution in [2.75, 3.05) is 19.6 Å². The Morgan fingerprint density at radius 1 is 1.21 bits per heavy atom. The minimum absolute atomic E-state index is 0.0837. The minimum atomic E-state index is -3.54. The lowest BCUT2D eigenvalue weighted by atomic mass is 10.0. The van der Waals surface area contributed by atoms with Crippen molar-refractivity contribution in [3.8, 4) is 0 Å². The third-order valence-corrected chi connectivity index (χ3v) is 7.13. The minimum Gasteiger partial charge on any atom is -0.459 e. The third-order valence-electron chi connectivity index (χ3n) is 5.45. The second kappa shape index (κ2) is 10.1. The average Bonchev–Trinajstić information content (AvgIpc) is 3.19. The summed E-state index contributed by atoms with van der Waals surface area (Å²) in [5.74, 6) is -0.530. The Kier molecular flexibility index (Phi) is 7.50. The molecule has 1 aliphatic heterocycles. The van der Waals surface area contributed by atoms with Crippen LogP contribution in [0, 0.1) is 0 Å². The van der Waals surface area contributed by atoms with Crippen molar-refractivity contribution in [1.29, 1.82) is 0 Å². The van der Waals surface area contributed by atoms with Crippen LogP contribution >= 0.6 is 0 Å². The fourth-order valence-corrected chi connectivity index (χ4v) is 5.18. The Hall–Kier alpha value is -2.12. The smallest absolute Gasteiger partial charge is 0.287 e. The van der Waals surface area contributed by atoms with Crippen molar-refractivity contribution in [3.05, 3.63) is 54.0 Å². The monoisotopic (exact) mass is 418 g/mol. The van der Waals surface area contributed by atoms with Gasteiger partial charge in [-0.05, 0) is 50.6 Å². The van der Waals surface area contributed by atoms with E-state index in [0.717, 1.165) is 32.4 Å². The molecule has 2 heterocycles. The van der Waals surface area contributed by atoms with Crippen LogP contribution in [-0.2, 0) is 15.6 Å². The normalized spacial score (nSPS) is 17.9. The lowest BCUT2D eigenvalue weighted by Gasteiger charge is -2.35. The molecule has 3 rings (SSSR count). The molecule has 6 nitrogen and oxygen atoms in total. The summed E-state index contributed by atoms with van der Waals surface area (Å²) < 4.78 is 30.6. The van der Waals surface area contributed by atoms with Gasteiger partial charge in [0.15, 0.2) is 15.6 Å². The van der Waals surface area contributed by atoms with Gasteiger partial charge in [0.1, 0.15) is 0 Å². The molecule has 0 spiro atoms. The van der Waals surface area contributed by atoms with Gasteiger partial charge in [-0.1, -0.05) is 38.0 Å². The predicted molar refractivity (Wildman–Crippen MR) is 112 cm³/mol. The Bertz CT molecular complexity index is 893. The summed E-state index contributed by atoms with van der Waals surface area (Å²) in [6, 6.07) is 10.1. The molecule has 1 saturated heterocycles. The second-order valence-corrected chi connectivity index (χ2v) is 9.59. The Balaban J connectivity index is 1.63. The molecule has 0 aliphatic carbocycles. The Morgan fingerprint density at radius 3 is 2.76 bits per heavy atom. The Morgan fingerprint density at radius 2 is 2.00 bits per heavy atom. The molecule has 0 saturated carbocycles. The number of likely N-dealkylation sites (tertiary alicyclic amines) is 1. The number of furan rings is 1. The van der Waals surface area contributed by atoms with Crippen LogP contribution < -0.4 is 5.32 Å². The van der Waals surface area contributed by atoms with E-state index in [1.165, 1.54) is 19.1 Å². The number of sulfone groups is 1. The van der Waals surface area contributed by atoms with Gasteiger partial charge in [0.2, 0.25) is 0 Å². The molecular formula is C22H30N2O4S. The first-order valence-corrected chi connectivity index (χ1v) is 12.0. The number of rotatable bonds is 9. The zero-order chi connectivity index (χ0) is 20.7. The van der Waals surface area contributed by atoms with Crippen LogP contribution in [0.25, 0.3) is 0 Å². The van der Waals surface area contributed by atoms with Gasteiger partial charge in [-0.3, -0.25) is 9.69 Å². The first kappa shape index (κ1) is 21.6. The highest BCUT2D eigenvalue weighted by Crippen LogP contribution is 2.21. The van der Waals surface area contributed by atoms with Gasteiger partial charge < -0.3 is 9.73 Å². The number of unbranched alkanes of at least 4 members (excludes halogenated alkanes) is 1. The molecule has 7 heteroatoms. The van der Waals surface area contributed by atoms with Crippen LogP contribution in [0.2, 0.25) is 0 Å². The van der Waals surface area contributed by atoms with Crippen molar-refractivity contribution in [3.63, 3.8) is 0 Å². The summed E-state index contributed by atoms with van der Waals surface area (Å²) >= 11 is 0. The topological polar surface area (TPSA) is 79.6 Å². The molecule has 1 amide bonds. The van der Waals surface area contributed by atoms with Crippen LogP contribution in [0.15, 0.2) is 52.0 Å². The van der Waals surface area contributed by atoms with E-state index in [-0.39, 0.29) is 22.3 Å². The molecule has 1 N–H and O–H groups in total. The number of nitrogens with one attached hydrogen (secondary N) is 1. The number of carbonyl (C=O) groups excluding carboxylic acids is 1. The van der Waals surface area contributed by atoms with E-state index in [2.05, 4.69) is 17.1 Å². The number of nitrogens with zero attached hydrogens (tertiary/aromatic N) is 1. The summed E-state index contributed by atoms with van der Waals surface area (Å²) in [6.07, 6.45) is 7.12. The molecular weight excluding hydrogens is 388 g/mol. The van der Waals surface area contributed by atoms with Crippen molar-refractivity contribution < 1.29 is 17.6 Å². The zero-order valence-electron chi connectivity index (χ0n) is 17.0. The van der Waals surface area contributed by atoms with E-state index in [1.807, 2.05) is 0 Å². The SMILES string of the molecule is CCCCN1CCCCC1CNC(=O)c1occc1CS(=O)(=O)c1ccccc1. The molecule has 1 aliphatic rings. The van der Waals surface area contributed by atoms with Crippen LogP contribution in [-0.4, -0.2) is 44.9 Å². The molecule has 0 bridgehead atoms. The number of hydrogen-bond donors (Lipinski definition) is 1. The summed E-state index contributed by atoms with van der Waals surface area (Å²) in [5, 5.41) is 2.96. The van der Waals surface area contributed by atoms with Crippen LogP contribution in [0.4, 0.5) is 0 Å². The number of benzene rings is 1. The maximum atomic E-state index is 12.7. The highest BCUT2D eigenvalue weighted by molar-refractivity contribution is 7.90. The maximum absolute atomic E-state index is 12.7. The van der Waals surface area contributed by atoms with Crippen LogP contribution in [0.5, 0.6) is 0 Å². The van der Waals surface area contributed by atoms with Crippen molar-refractivity contribution in [2.24, 2.45) is 0 Å². The second-order valence-electron chi connectivity index (χ2n) is 7.60. The number of amides is 1. The van der Waals surface area contributed by atoms with Gasteiger partial charge in [-0.15, -0.1) is 0 Å². The molecule has 2 aromatic rings. The summed E-state index contributed by atoms with van der Waals surface area (Å²) in [7, 11) is -3.54. The molecule has 29 heavy (non-hydrogen) atoms. The predicted octanol–water partition coefficient (Wildman–Crippen LogP) is 3.64. The summed E-state index contributed by atoms with van der Waals surface area (Å²) in [5.41, 5.74) is 0.387. The van der Waals surface area contributed by atoms with Crippen molar-refractivity contribution in [1.82, 2.24) is 10.2 Å². The van der Waals surface area contributed by atoms with E-state index in [9.17, 15) is 13.2 Å². The van der Waals surface area contributed by atoms with Gasteiger partial charge in [0.25, 0.3) is 5.91 Å². The molecule has 1 unspecified atom stereocenters. The van der Waals surface area contributed by atoms with Crippen molar-refractivity contribution >= 4 is 15.7 Å². The first-order chi connectivity index (χ1) is 14.0. The van der Waals surface area contributed by atoms with Gasteiger partial charge in [0.05, 0.1) is 16.9 Å². The molecule has 1 atom stereocenters. The number of piperidine rings is 1. The van der Waals surface area contributed by atoms with E-state index in [0.29, 0.717) is 18.2 Å². The average molecular weight is 419 g/mol. The number of carbonyl (C=O) groups is 1. The van der Waals surface area contributed by atoms with Crippen LogP contribution in [0.1, 0.15) is 55.1 Å². The molecule has 158 valence electrons. The molecule has 1 aromatic carbocycles. The summed E-state index contributed by atoms with van der Waals surface area (Å²) in [4.78, 5) is 15.4. The van der Waals surface area contributed by atoms with Gasteiger partial charge in [-0.25, -0.2) is 8.42 Å². The zero-order valence-corrected chi connectivity index (χ0v) is 17.8. The van der Waals surface area contributed by atoms with Crippen LogP contribution in [0.3, 0.4) is 0 Å². The molecule has 1 fully saturated rings. The van der Waals surface area contributed by atoms with E-state index in [1.54, 1.807) is 36.4 Å². The third kappa shape index (κ3) is 5.70.